The molecule has 6 nitrogen and oxygen atoms in total. The van der Waals surface area contributed by atoms with Crippen LogP contribution in [0, 0.1) is 5.92 Å². The molecule has 3 rings (SSSR count). The van der Waals surface area contributed by atoms with E-state index < -0.39 is 6.04 Å². The van der Waals surface area contributed by atoms with Gasteiger partial charge in [0, 0.05) is 19.0 Å². The Labute approximate surface area is 161 Å². The summed E-state index contributed by atoms with van der Waals surface area (Å²) in [5.41, 5.74) is 8.20. The second kappa shape index (κ2) is 8.74. The minimum absolute atomic E-state index is 0.00377. The highest BCUT2D eigenvalue weighted by atomic mass is 16.5. The van der Waals surface area contributed by atoms with Crippen molar-refractivity contribution >= 4 is 11.8 Å². The van der Waals surface area contributed by atoms with Crippen molar-refractivity contribution in [2.45, 2.75) is 64.6 Å². The third-order valence-corrected chi connectivity index (χ3v) is 5.63. The second-order valence-electron chi connectivity index (χ2n) is 7.99. The molecule has 148 valence electrons. The molecule has 27 heavy (non-hydrogen) atoms. The van der Waals surface area contributed by atoms with E-state index in [2.05, 4.69) is 11.4 Å². The number of ether oxygens (including phenoxy) is 1. The number of nitrogens with one attached hydrogen (secondary N) is 1. The average molecular weight is 373 g/mol. The molecule has 2 aliphatic rings. The first-order chi connectivity index (χ1) is 13.0. The third-order valence-electron chi connectivity index (χ3n) is 5.63. The van der Waals surface area contributed by atoms with E-state index in [1.165, 1.54) is 5.56 Å². The van der Waals surface area contributed by atoms with Gasteiger partial charge in [-0.05, 0) is 36.0 Å². The normalized spacial score (nSPS) is 17.5. The second-order valence-corrected chi connectivity index (χ2v) is 7.99. The van der Waals surface area contributed by atoms with E-state index in [-0.39, 0.29) is 30.3 Å². The van der Waals surface area contributed by atoms with E-state index >= 15 is 0 Å². The van der Waals surface area contributed by atoms with Gasteiger partial charge >= 0.3 is 0 Å². The zero-order valence-corrected chi connectivity index (χ0v) is 16.4. The number of carbonyl (C=O) groups excluding carboxylic acids is 2. The van der Waals surface area contributed by atoms with Gasteiger partial charge in [-0.2, -0.15) is 0 Å². The van der Waals surface area contributed by atoms with Crippen molar-refractivity contribution in [3.05, 3.63) is 29.3 Å². The molecule has 0 aromatic heterocycles. The summed E-state index contributed by atoms with van der Waals surface area (Å²) in [5, 5.41) is 2.72. The molecule has 1 heterocycles. The zero-order chi connectivity index (χ0) is 19.4. The number of hydrogen-bond acceptors (Lipinski definition) is 4. The van der Waals surface area contributed by atoms with Gasteiger partial charge in [0.1, 0.15) is 5.75 Å². The van der Waals surface area contributed by atoms with Gasteiger partial charge in [-0.15, -0.1) is 0 Å². The van der Waals surface area contributed by atoms with Crippen LogP contribution >= 0.6 is 0 Å². The van der Waals surface area contributed by atoms with Crippen LogP contribution in [0.4, 0.5) is 0 Å². The molecule has 1 fully saturated rings. The summed E-state index contributed by atoms with van der Waals surface area (Å²) in [7, 11) is 0. The fraction of sp³-hybridized carbons (Fsp3) is 0.619. The predicted octanol–water partition coefficient (Wildman–Crippen LogP) is 1.99. The fourth-order valence-electron chi connectivity index (χ4n) is 3.86. The lowest BCUT2D eigenvalue weighted by Crippen LogP contribution is -2.49. The van der Waals surface area contributed by atoms with E-state index in [1.54, 1.807) is 0 Å². The van der Waals surface area contributed by atoms with Crippen LogP contribution in [-0.2, 0) is 22.6 Å². The summed E-state index contributed by atoms with van der Waals surface area (Å²) in [6.45, 7) is 5.10. The van der Waals surface area contributed by atoms with Gasteiger partial charge in [-0.25, -0.2) is 0 Å². The van der Waals surface area contributed by atoms with Crippen molar-refractivity contribution in [3.8, 4) is 5.75 Å². The van der Waals surface area contributed by atoms with Crippen molar-refractivity contribution in [1.82, 2.24) is 10.2 Å². The minimum Gasteiger partial charge on any atom is -0.493 e. The Bertz CT molecular complexity index is 683. The molecular weight excluding hydrogens is 342 g/mol. The molecule has 1 atom stereocenters. The van der Waals surface area contributed by atoms with Crippen LogP contribution in [0.3, 0.4) is 0 Å². The van der Waals surface area contributed by atoms with E-state index in [1.807, 2.05) is 30.9 Å². The highest BCUT2D eigenvalue weighted by Crippen LogP contribution is 2.29. The lowest BCUT2D eigenvalue weighted by Gasteiger charge is -2.30. The van der Waals surface area contributed by atoms with Crippen LogP contribution in [0.25, 0.3) is 0 Å². The topological polar surface area (TPSA) is 84.7 Å². The molecule has 1 aliphatic carbocycles. The Morgan fingerprint density at radius 1 is 1.30 bits per heavy atom. The molecule has 1 saturated carbocycles. The Morgan fingerprint density at radius 2 is 2.04 bits per heavy atom. The molecule has 0 unspecified atom stereocenters. The number of nitrogens with two attached hydrogens (primary N) is 1. The Morgan fingerprint density at radius 3 is 2.74 bits per heavy atom. The molecular formula is C21H31N3O3. The number of benzene rings is 1. The molecule has 6 heteroatoms. The van der Waals surface area contributed by atoms with Crippen LogP contribution in [-0.4, -0.2) is 41.9 Å². The van der Waals surface area contributed by atoms with Gasteiger partial charge in [0.25, 0.3) is 0 Å². The smallest absolute Gasteiger partial charge is 0.242 e. The zero-order valence-electron chi connectivity index (χ0n) is 16.4. The first kappa shape index (κ1) is 19.7. The number of fused-ring (bicyclic) bond motifs is 1. The van der Waals surface area contributed by atoms with Gasteiger partial charge in [0.15, 0.2) is 0 Å². The van der Waals surface area contributed by atoms with Gasteiger partial charge < -0.3 is 20.7 Å². The maximum Gasteiger partial charge on any atom is 0.242 e. The van der Waals surface area contributed by atoms with E-state index in [9.17, 15) is 9.59 Å². The van der Waals surface area contributed by atoms with E-state index in [0.29, 0.717) is 6.54 Å². The summed E-state index contributed by atoms with van der Waals surface area (Å²) in [4.78, 5) is 26.9. The average Bonchev–Trinajstić information content (AvgIpc) is 3.34. The number of rotatable bonds is 7. The van der Waals surface area contributed by atoms with Crippen LogP contribution in [0.1, 0.15) is 50.7 Å². The maximum absolute atomic E-state index is 12.9. The van der Waals surface area contributed by atoms with Crippen molar-refractivity contribution in [1.29, 1.82) is 0 Å². The molecule has 0 radical (unpaired) electrons. The summed E-state index contributed by atoms with van der Waals surface area (Å²) in [5.74, 6) is 0.689. The van der Waals surface area contributed by atoms with Crippen LogP contribution < -0.4 is 15.8 Å². The molecule has 0 saturated heterocycles. The third kappa shape index (κ3) is 4.80. The first-order valence-corrected chi connectivity index (χ1v) is 10.0. The molecule has 2 amide bonds. The highest BCUT2D eigenvalue weighted by molar-refractivity contribution is 5.87. The highest BCUT2D eigenvalue weighted by Gasteiger charge is 2.28. The Kier molecular flexibility index (Phi) is 6.37. The standard InChI is InChI=1S/C21H31N3O3/c1-14(2)20(22)21(26)23-12-19(25)24(17-5-3-4-6-17)13-15-7-8-18-16(11-15)9-10-27-18/h7-8,11,14,17,20H,3-6,9-10,12-13,22H2,1-2H3,(H,23,26)/t20-/m0/s1. The first-order valence-electron chi connectivity index (χ1n) is 10.0. The predicted molar refractivity (Wildman–Crippen MR) is 104 cm³/mol. The molecule has 1 aromatic carbocycles. The number of nitrogens with zero attached hydrogens (tertiary/aromatic N) is 1. The van der Waals surface area contributed by atoms with Crippen molar-refractivity contribution < 1.29 is 14.3 Å². The largest absolute Gasteiger partial charge is 0.493 e. The lowest BCUT2D eigenvalue weighted by atomic mass is 10.1. The molecule has 0 spiro atoms. The maximum atomic E-state index is 12.9. The van der Waals surface area contributed by atoms with E-state index in [4.69, 9.17) is 10.5 Å². The van der Waals surface area contributed by atoms with Crippen LogP contribution in [0.2, 0.25) is 0 Å². The molecule has 1 aromatic rings. The number of carbonyl (C=O) groups is 2. The molecule has 0 bridgehead atoms. The van der Waals surface area contributed by atoms with Gasteiger partial charge in [-0.1, -0.05) is 38.8 Å². The lowest BCUT2D eigenvalue weighted by molar-refractivity contribution is -0.135. The van der Waals surface area contributed by atoms with Crippen molar-refractivity contribution in [2.75, 3.05) is 13.2 Å². The minimum atomic E-state index is -0.588. The Balaban J connectivity index is 1.66. The van der Waals surface area contributed by atoms with Crippen LogP contribution in [0.5, 0.6) is 5.75 Å². The van der Waals surface area contributed by atoms with Crippen molar-refractivity contribution in [3.63, 3.8) is 0 Å². The van der Waals surface area contributed by atoms with Crippen LogP contribution in [0.15, 0.2) is 18.2 Å². The number of hydrogen-bond donors (Lipinski definition) is 2. The molecule has 3 N–H and O–H groups in total. The van der Waals surface area contributed by atoms with Crippen molar-refractivity contribution in [2.24, 2.45) is 11.7 Å². The Hall–Kier alpha value is -2.08. The SMILES string of the molecule is CC(C)[C@H](N)C(=O)NCC(=O)N(Cc1ccc2c(c1)CCO2)C1CCCC1. The quantitative estimate of drug-likeness (QED) is 0.765. The fourth-order valence-corrected chi connectivity index (χ4v) is 3.86. The summed E-state index contributed by atoms with van der Waals surface area (Å²) in [6, 6.07) is 5.84. The monoisotopic (exact) mass is 373 g/mol. The van der Waals surface area contributed by atoms with Gasteiger partial charge in [0.05, 0.1) is 19.2 Å². The number of amides is 2. The van der Waals surface area contributed by atoms with Gasteiger partial charge in [-0.3, -0.25) is 9.59 Å². The van der Waals surface area contributed by atoms with Gasteiger partial charge in [0.2, 0.25) is 11.8 Å². The summed E-state index contributed by atoms with van der Waals surface area (Å²) < 4.78 is 5.57. The van der Waals surface area contributed by atoms with E-state index in [0.717, 1.165) is 50.0 Å². The summed E-state index contributed by atoms with van der Waals surface area (Å²) in [6.07, 6.45) is 5.27. The molecule has 1 aliphatic heterocycles. The summed E-state index contributed by atoms with van der Waals surface area (Å²) >= 11 is 0.